The molecule has 0 N–H and O–H groups in total. The van der Waals surface area contributed by atoms with Crippen molar-refractivity contribution in [3.63, 3.8) is 0 Å². The Morgan fingerprint density at radius 3 is 2.35 bits per heavy atom. The molecule has 0 aliphatic heterocycles. The van der Waals surface area contributed by atoms with Crippen molar-refractivity contribution in [2.75, 3.05) is 26.8 Å². The second kappa shape index (κ2) is 12.4. The van der Waals surface area contributed by atoms with Gasteiger partial charge in [0.05, 0.1) is 12.1 Å². The van der Waals surface area contributed by atoms with Gasteiger partial charge in [0.2, 0.25) is 5.91 Å². The van der Waals surface area contributed by atoms with Gasteiger partial charge in [0.25, 0.3) is 5.91 Å². The summed E-state index contributed by atoms with van der Waals surface area (Å²) in [6.07, 6.45) is 0.506. The fourth-order valence-corrected chi connectivity index (χ4v) is 4.42. The highest BCUT2D eigenvalue weighted by Crippen LogP contribution is 2.20. The third-order valence-electron chi connectivity index (χ3n) is 5.44. The maximum atomic E-state index is 14.3. The molecule has 0 bridgehead atoms. The van der Waals surface area contributed by atoms with Crippen molar-refractivity contribution in [3.8, 4) is 0 Å². The Labute approximate surface area is 202 Å². The van der Waals surface area contributed by atoms with Crippen LogP contribution in [0.4, 0.5) is 8.78 Å². The smallest absolute Gasteiger partial charge is 0.257 e. The van der Waals surface area contributed by atoms with Crippen molar-refractivity contribution in [1.82, 2.24) is 9.80 Å². The summed E-state index contributed by atoms with van der Waals surface area (Å²) in [6, 6.07) is 13.7. The molecule has 0 fully saturated rings. The van der Waals surface area contributed by atoms with E-state index in [-0.39, 0.29) is 36.9 Å². The Kier molecular flexibility index (Phi) is 9.30. The predicted molar refractivity (Wildman–Crippen MR) is 129 cm³/mol. The van der Waals surface area contributed by atoms with E-state index in [4.69, 9.17) is 4.74 Å². The van der Waals surface area contributed by atoms with Crippen LogP contribution in [0.3, 0.4) is 0 Å². The molecule has 3 rings (SSSR count). The van der Waals surface area contributed by atoms with Gasteiger partial charge in [0.1, 0.15) is 18.2 Å². The van der Waals surface area contributed by atoms with Crippen LogP contribution < -0.4 is 0 Å². The van der Waals surface area contributed by atoms with Crippen molar-refractivity contribution in [2.24, 2.45) is 0 Å². The molecule has 0 spiro atoms. The van der Waals surface area contributed by atoms with E-state index in [9.17, 15) is 18.4 Å². The van der Waals surface area contributed by atoms with Crippen molar-refractivity contribution >= 4 is 23.2 Å². The second-order valence-electron chi connectivity index (χ2n) is 7.96. The van der Waals surface area contributed by atoms with Crippen LogP contribution in [0.2, 0.25) is 0 Å². The van der Waals surface area contributed by atoms with Crippen LogP contribution in [0.15, 0.2) is 60.0 Å². The zero-order valence-corrected chi connectivity index (χ0v) is 20.1. The molecule has 0 atom stereocenters. The molecule has 1 heterocycles. The van der Waals surface area contributed by atoms with Gasteiger partial charge in [-0.15, -0.1) is 11.3 Å². The topological polar surface area (TPSA) is 49.9 Å². The summed E-state index contributed by atoms with van der Waals surface area (Å²) < 4.78 is 32.8. The summed E-state index contributed by atoms with van der Waals surface area (Å²) in [6.45, 7) is 3.04. The molecule has 0 aliphatic carbocycles. The standard InChI is InChI=1S/C26H28F2N2O3S/c1-19-12-15-34-24(19)17-30(16-20-8-10-21(27)11-9-20)25(31)18-29(13-5-14-33-2)26(32)22-6-3-4-7-23(22)28/h3-4,6-12,15H,5,13-14,16-18H2,1-2H3. The second-order valence-corrected chi connectivity index (χ2v) is 8.96. The van der Waals surface area contributed by atoms with E-state index in [1.165, 1.54) is 35.2 Å². The quantitative estimate of drug-likeness (QED) is 0.357. The van der Waals surface area contributed by atoms with E-state index in [0.29, 0.717) is 19.6 Å². The molecule has 0 unspecified atom stereocenters. The number of aryl methyl sites for hydroxylation is 1. The third-order valence-corrected chi connectivity index (χ3v) is 6.44. The number of hydrogen-bond donors (Lipinski definition) is 0. The number of carbonyl (C=O) groups excluding carboxylic acids is 2. The van der Waals surface area contributed by atoms with Crippen molar-refractivity contribution in [2.45, 2.75) is 26.4 Å². The van der Waals surface area contributed by atoms with E-state index < -0.39 is 11.7 Å². The number of carbonyl (C=O) groups is 2. The minimum absolute atomic E-state index is 0.0769. The van der Waals surface area contributed by atoms with Gasteiger partial charge in [-0.25, -0.2) is 8.78 Å². The van der Waals surface area contributed by atoms with Gasteiger partial charge >= 0.3 is 0 Å². The number of amides is 2. The summed E-state index contributed by atoms with van der Waals surface area (Å²) in [5, 5.41) is 1.96. The number of halogens is 2. The number of nitrogens with zero attached hydrogens (tertiary/aromatic N) is 2. The van der Waals surface area contributed by atoms with Crippen LogP contribution in [0.5, 0.6) is 0 Å². The van der Waals surface area contributed by atoms with Gasteiger partial charge in [0.15, 0.2) is 0 Å². The van der Waals surface area contributed by atoms with Gasteiger partial charge < -0.3 is 14.5 Å². The Morgan fingerprint density at radius 1 is 0.971 bits per heavy atom. The molecule has 8 heteroatoms. The number of benzene rings is 2. The third kappa shape index (κ3) is 6.95. The summed E-state index contributed by atoms with van der Waals surface area (Å²) >= 11 is 1.55. The number of ether oxygens (including phenoxy) is 1. The Bertz CT molecular complexity index is 1100. The first kappa shape index (κ1) is 25.5. The summed E-state index contributed by atoms with van der Waals surface area (Å²) in [4.78, 5) is 30.6. The van der Waals surface area contributed by atoms with Gasteiger partial charge in [0, 0.05) is 31.7 Å². The normalized spacial score (nSPS) is 10.8. The molecule has 0 saturated carbocycles. The first-order chi connectivity index (χ1) is 16.4. The lowest BCUT2D eigenvalue weighted by Crippen LogP contribution is -2.43. The van der Waals surface area contributed by atoms with E-state index in [1.807, 2.05) is 18.4 Å². The van der Waals surface area contributed by atoms with Crippen LogP contribution >= 0.6 is 11.3 Å². The van der Waals surface area contributed by atoms with Gasteiger partial charge in [-0.05, 0) is 60.2 Å². The van der Waals surface area contributed by atoms with Crippen LogP contribution in [0.25, 0.3) is 0 Å². The van der Waals surface area contributed by atoms with Crippen LogP contribution in [0, 0.1) is 18.6 Å². The molecule has 0 aliphatic rings. The van der Waals surface area contributed by atoms with Crippen LogP contribution in [-0.4, -0.2) is 48.4 Å². The fourth-order valence-electron chi connectivity index (χ4n) is 3.50. The van der Waals surface area contributed by atoms with Crippen molar-refractivity contribution in [1.29, 1.82) is 0 Å². The van der Waals surface area contributed by atoms with E-state index in [2.05, 4.69) is 0 Å². The number of thiophene rings is 1. The lowest BCUT2D eigenvalue weighted by atomic mass is 10.1. The average Bonchev–Trinajstić information content (AvgIpc) is 3.23. The maximum Gasteiger partial charge on any atom is 0.257 e. The highest BCUT2D eigenvalue weighted by Gasteiger charge is 2.25. The van der Waals surface area contributed by atoms with Crippen molar-refractivity contribution < 1.29 is 23.1 Å². The Morgan fingerprint density at radius 2 is 1.71 bits per heavy atom. The van der Waals surface area contributed by atoms with Gasteiger partial charge in [-0.3, -0.25) is 9.59 Å². The molecule has 3 aromatic rings. The van der Waals surface area contributed by atoms with Crippen LogP contribution in [-0.2, 0) is 22.6 Å². The Balaban J connectivity index is 1.83. The molecule has 2 amide bonds. The highest BCUT2D eigenvalue weighted by atomic mass is 32.1. The first-order valence-electron chi connectivity index (χ1n) is 11.0. The first-order valence-corrected chi connectivity index (χ1v) is 11.8. The highest BCUT2D eigenvalue weighted by molar-refractivity contribution is 7.10. The lowest BCUT2D eigenvalue weighted by Gasteiger charge is -2.28. The van der Waals surface area contributed by atoms with Gasteiger partial charge in [-0.1, -0.05) is 24.3 Å². The SMILES string of the molecule is COCCCN(CC(=O)N(Cc1ccc(F)cc1)Cc1sccc1C)C(=O)c1ccccc1F. The molecule has 0 saturated heterocycles. The maximum absolute atomic E-state index is 14.3. The number of rotatable bonds is 11. The summed E-state index contributed by atoms with van der Waals surface area (Å²) in [7, 11) is 1.56. The average molecular weight is 487 g/mol. The predicted octanol–water partition coefficient (Wildman–Crippen LogP) is 5.04. The minimum Gasteiger partial charge on any atom is -0.385 e. The van der Waals surface area contributed by atoms with Crippen molar-refractivity contribution in [3.05, 3.63) is 93.2 Å². The molecular formula is C26H28F2N2O3S. The van der Waals surface area contributed by atoms with Gasteiger partial charge in [-0.2, -0.15) is 0 Å². The molecule has 2 aromatic carbocycles. The van der Waals surface area contributed by atoms with Crippen LogP contribution in [0.1, 0.15) is 32.8 Å². The number of hydrogen-bond acceptors (Lipinski definition) is 4. The molecular weight excluding hydrogens is 458 g/mol. The van der Waals surface area contributed by atoms with E-state index >= 15 is 0 Å². The zero-order chi connectivity index (χ0) is 24.5. The monoisotopic (exact) mass is 486 g/mol. The lowest BCUT2D eigenvalue weighted by molar-refractivity contribution is -0.133. The molecule has 0 radical (unpaired) electrons. The summed E-state index contributed by atoms with van der Waals surface area (Å²) in [5.74, 6) is -1.81. The fraction of sp³-hybridized carbons (Fsp3) is 0.308. The molecule has 1 aromatic heterocycles. The van der Waals surface area contributed by atoms with E-state index in [0.717, 1.165) is 16.0 Å². The minimum atomic E-state index is -0.630. The zero-order valence-electron chi connectivity index (χ0n) is 19.3. The number of methoxy groups -OCH3 is 1. The molecule has 180 valence electrons. The molecule has 34 heavy (non-hydrogen) atoms. The summed E-state index contributed by atoms with van der Waals surface area (Å²) in [5.41, 5.74) is 1.77. The van der Waals surface area contributed by atoms with E-state index in [1.54, 1.807) is 41.5 Å². The molecule has 5 nitrogen and oxygen atoms in total. The largest absolute Gasteiger partial charge is 0.385 e. The Hall–Kier alpha value is -3.10.